The number of hydrogen-bond acceptors (Lipinski definition) is 4. The van der Waals surface area contributed by atoms with E-state index in [2.05, 4.69) is 21.2 Å². The summed E-state index contributed by atoms with van der Waals surface area (Å²) in [5.74, 6) is 0.654. The Kier molecular flexibility index (Phi) is 7.62. The number of aliphatic hydroxyl groups is 2. The van der Waals surface area contributed by atoms with Crippen LogP contribution in [0.2, 0.25) is 5.02 Å². The molecule has 102 valence electrons. The molecule has 0 heterocycles. The van der Waals surface area contributed by atoms with Crippen LogP contribution >= 0.6 is 27.5 Å². The first-order valence-electron chi connectivity index (χ1n) is 5.71. The summed E-state index contributed by atoms with van der Waals surface area (Å²) in [6.45, 7) is 1.41. The predicted molar refractivity (Wildman–Crippen MR) is 75.2 cm³/mol. The van der Waals surface area contributed by atoms with Gasteiger partial charge in [-0.1, -0.05) is 17.7 Å². The van der Waals surface area contributed by atoms with Gasteiger partial charge in [-0.2, -0.15) is 0 Å². The molecule has 1 unspecified atom stereocenters. The van der Waals surface area contributed by atoms with Crippen molar-refractivity contribution in [3.63, 3.8) is 0 Å². The van der Waals surface area contributed by atoms with E-state index < -0.39 is 6.10 Å². The Morgan fingerprint density at radius 2 is 2.22 bits per heavy atom. The maximum atomic E-state index is 9.09. The van der Waals surface area contributed by atoms with Gasteiger partial charge in [0, 0.05) is 11.0 Å². The van der Waals surface area contributed by atoms with E-state index in [1.54, 1.807) is 0 Å². The summed E-state index contributed by atoms with van der Waals surface area (Å²) < 4.78 is 6.35. The standard InChI is InChI=1S/C12H17BrClNO3/c13-10-3-1-4-11(12(10)14)18-6-2-5-15-7-9(17)8-16/h1,3-4,9,15-17H,2,5-8H2. The van der Waals surface area contributed by atoms with Gasteiger partial charge in [0.05, 0.1) is 24.3 Å². The quantitative estimate of drug-likeness (QED) is 0.633. The molecule has 1 aromatic carbocycles. The highest BCUT2D eigenvalue weighted by Crippen LogP contribution is 2.31. The average molecular weight is 339 g/mol. The molecule has 3 N–H and O–H groups in total. The van der Waals surface area contributed by atoms with Crippen LogP contribution in [-0.4, -0.2) is 42.6 Å². The molecule has 1 aromatic rings. The number of halogens is 2. The Morgan fingerprint density at radius 1 is 1.44 bits per heavy atom. The summed E-state index contributed by atoms with van der Waals surface area (Å²) in [7, 11) is 0. The Morgan fingerprint density at radius 3 is 2.94 bits per heavy atom. The molecule has 0 amide bonds. The number of hydrogen-bond donors (Lipinski definition) is 3. The van der Waals surface area contributed by atoms with Gasteiger partial charge in [-0.05, 0) is 41.0 Å². The van der Waals surface area contributed by atoms with E-state index in [1.165, 1.54) is 0 Å². The molecule has 4 nitrogen and oxygen atoms in total. The van der Waals surface area contributed by atoms with Gasteiger partial charge < -0.3 is 20.3 Å². The average Bonchev–Trinajstić information content (AvgIpc) is 2.38. The molecule has 0 aromatic heterocycles. The fourth-order valence-corrected chi connectivity index (χ4v) is 1.84. The van der Waals surface area contributed by atoms with Crippen molar-refractivity contribution in [1.29, 1.82) is 0 Å². The lowest BCUT2D eigenvalue weighted by atomic mass is 10.3. The lowest BCUT2D eigenvalue weighted by Crippen LogP contribution is -2.30. The minimum Gasteiger partial charge on any atom is -0.492 e. The number of nitrogens with one attached hydrogen (secondary N) is 1. The molecule has 0 radical (unpaired) electrons. The number of benzene rings is 1. The molecule has 6 heteroatoms. The second kappa shape index (κ2) is 8.72. The second-order valence-electron chi connectivity index (χ2n) is 3.79. The summed E-state index contributed by atoms with van der Waals surface area (Å²) >= 11 is 9.37. The van der Waals surface area contributed by atoms with Crippen molar-refractivity contribution in [3.05, 3.63) is 27.7 Å². The van der Waals surface area contributed by atoms with Crippen LogP contribution in [0.15, 0.2) is 22.7 Å². The molecule has 0 saturated carbocycles. The number of aliphatic hydroxyl groups excluding tert-OH is 2. The van der Waals surface area contributed by atoms with Crippen molar-refractivity contribution in [2.75, 3.05) is 26.3 Å². The minimum atomic E-state index is -0.703. The normalized spacial score (nSPS) is 12.4. The highest BCUT2D eigenvalue weighted by atomic mass is 79.9. The zero-order chi connectivity index (χ0) is 13.4. The summed E-state index contributed by atoms with van der Waals surface area (Å²) in [5, 5.41) is 21.3. The van der Waals surface area contributed by atoms with E-state index in [0.717, 1.165) is 10.9 Å². The van der Waals surface area contributed by atoms with Crippen LogP contribution in [0.4, 0.5) is 0 Å². The van der Waals surface area contributed by atoms with E-state index >= 15 is 0 Å². The van der Waals surface area contributed by atoms with Crippen LogP contribution in [0.25, 0.3) is 0 Å². The molecule has 18 heavy (non-hydrogen) atoms. The largest absolute Gasteiger partial charge is 0.492 e. The third kappa shape index (κ3) is 5.54. The topological polar surface area (TPSA) is 61.7 Å². The van der Waals surface area contributed by atoms with Crippen molar-refractivity contribution >= 4 is 27.5 Å². The van der Waals surface area contributed by atoms with E-state index in [1.807, 2.05) is 18.2 Å². The molecular formula is C12H17BrClNO3. The smallest absolute Gasteiger partial charge is 0.139 e. The molecule has 1 atom stereocenters. The van der Waals surface area contributed by atoms with Crippen LogP contribution in [-0.2, 0) is 0 Å². The molecule has 0 bridgehead atoms. The zero-order valence-electron chi connectivity index (χ0n) is 9.90. The van der Waals surface area contributed by atoms with Crippen LogP contribution < -0.4 is 10.1 Å². The van der Waals surface area contributed by atoms with Gasteiger partial charge in [0.15, 0.2) is 0 Å². The second-order valence-corrected chi connectivity index (χ2v) is 5.03. The van der Waals surface area contributed by atoms with E-state index in [9.17, 15) is 0 Å². The highest BCUT2D eigenvalue weighted by molar-refractivity contribution is 9.10. The van der Waals surface area contributed by atoms with Gasteiger partial charge in [0.2, 0.25) is 0 Å². The van der Waals surface area contributed by atoms with Gasteiger partial charge in [0.1, 0.15) is 5.75 Å². The first kappa shape index (κ1) is 15.7. The maximum Gasteiger partial charge on any atom is 0.139 e. The third-order valence-electron chi connectivity index (χ3n) is 2.26. The Balaban J connectivity index is 2.16. The highest BCUT2D eigenvalue weighted by Gasteiger charge is 2.04. The van der Waals surface area contributed by atoms with Crippen LogP contribution in [0.1, 0.15) is 6.42 Å². The maximum absolute atomic E-state index is 9.09. The minimum absolute atomic E-state index is 0.225. The van der Waals surface area contributed by atoms with Gasteiger partial charge >= 0.3 is 0 Å². The SMILES string of the molecule is OCC(O)CNCCCOc1cccc(Br)c1Cl. The van der Waals surface area contributed by atoms with Crippen molar-refractivity contribution in [1.82, 2.24) is 5.32 Å². The lowest BCUT2D eigenvalue weighted by Gasteiger charge is -2.10. The zero-order valence-corrected chi connectivity index (χ0v) is 12.2. The number of ether oxygens (including phenoxy) is 1. The van der Waals surface area contributed by atoms with E-state index in [0.29, 0.717) is 30.5 Å². The fraction of sp³-hybridized carbons (Fsp3) is 0.500. The van der Waals surface area contributed by atoms with Gasteiger partial charge in [-0.25, -0.2) is 0 Å². The fourth-order valence-electron chi connectivity index (χ4n) is 1.31. The summed E-state index contributed by atoms with van der Waals surface area (Å²) in [5.41, 5.74) is 0. The van der Waals surface area contributed by atoms with Crippen molar-refractivity contribution in [3.8, 4) is 5.75 Å². The molecule has 0 saturated heterocycles. The Bertz CT molecular complexity index is 365. The molecule has 0 aliphatic heterocycles. The number of rotatable bonds is 8. The summed E-state index contributed by atoms with van der Waals surface area (Å²) in [4.78, 5) is 0. The van der Waals surface area contributed by atoms with Crippen LogP contribution in [0, 0.1) is 0 Å². The van der Waals surface area contributed by atoms with Crippen LogP contribution in [0.3, 0.4) is 0 Å². The first-order chi connectivity index (χ1) is 8.65. The Labute approximate surface area is 120 Å². The van der Waals surface area contributed by atoms with E-state index in [-0.39, 0.29) is 6.61 Å². The summed E-state index contributed by atoms with van der Waals surface area (Å²) in [6, 6.07) is 5.53. The molecule has 0 spiro atoms. The first-order valence-corrected chi connectivity index (χ1v) is 6.88. The van der Waals surface area contributed by atoms with Crippen molar-refractivity contribution < 1.29 is 14.9 Å². The Hall–Kier alpha value is -0.330. The monoisotopic (exact) mass is 337 g/mol. The van der Waals surface area contributed by atoms with E-state index in [4.69, 9.17) is 26.6 Å². The molecule has 1 rings (SSSR count). The molecular weight excluding hydrogens is 321 g/mol. The van der Waals surface area contributed by atoms with Crippen LogP contribution in [0.5, 0.6) is 5.75 Å². The predicted octanol–water partition coefficient (Wildman–Crippen LogP) is 1.81. The molecule has 0 aliphatic carbocycles. The van der Waals surface area contributed by atoms with Crippen molar-refractivity contribution in [2.24, 2.45) is 0 Å². The lowest BCUT2D eigenvalue weighted by molar-refractivity contribution is 0.0942. The van der Waals surface area contributed by atoms with Gasteiger partial charge in [-0.3, -0.25) is 0 Å². The molecule has 0 fully saturated rings. The van der Waals surface area contributed by atoms with Crippen molar-refractivity contribution in [2.45, 2.75) is 12.5 Å². The van der Waals surface area contributed by atoms with Gasteiger partial charge in [0.25, 0.3) is 0 Å². The molecule has 0 aliphatic rings. The van der Waals surface area contributed by atoms with Gasteiger partial charge in [-0.15, -0.1) is 0 Å². The third-order valence-corrected chi connectivity index (χ3v) is 3.54. The summed E-state index contributed by atoms with van der Waals surface area (Å²) in [6.07, 6.45) is 0.0894.